The normalized spacial score (nSPS) is 47.7. The maximum atomic E-state index is 5.72. The average Bonchev–Trinajstić information content (AvgIpc) is 2.03. The highest BCUT2D eigenvalue weighted by Gasteiger charge is 2.37. The van der Waals surface area contributed by atoms with Gasteiger partial charge in [-0.05, 0) is 31.6 Å². The lowest BCUT2D eigenvalue weighted by molar-refractivity contribution is -0.0626. The van der Waals surface area contributed by atoms with Gasteiger partial charge in [0.2, 0.25) is 0 Å². The molecule has 0 spiro atoms. The molecule has 0 aromatic carbocycles. The lowest BCUT2D eigenvalue weighted by atomic mass is 9.69. The van der Waals surface area contributed by atoms with Gasteiger partial charge in [-0.1, -0.05) is 19.1 Å². The highest BCUT2D eigenvalue weighted by atomic mass is 16.5. The van der Waals surface area contributed by atoms with Crippen molar-refractivity contribution in [2.24, 2.45) is 17.8 Å². The molecule has 2 rings (SSSR count). The third-order valence-corrected chi connectivity index (χ3v) is 3.61. The SMILES string of the molecule is C=C1C[C@@H](C)[C@@H]2CO[C@@H](C)[C@@H]1C2. The lowest BCUT2D eigenvalue weighted by Crippen LogP contribution is -2.40. The van der Waals surface area contributed by atoms with Crippen molar-refractivity contribution in [3.8, 4) is 0 Å². The zero-order valence-corrected chi connectivity index (χ0v) is 8.05. The molecule has 0 N–H and O–H groups in total. The van der Waals surface area contributed by atoms with Crippen LogP contribution in [0.2, 0.25) is 0 Å². The van der Waals surface area contributed by atoms with E-state index in [-0.39, 0.29) is 0 Å². The van der Waals surface area contributed by atoms with E-state index in [1.54, 1.807) is 0 Å². The number of ether oxygens (including phenoxy) is 1. The molecule has 1 nitrogen and oxygen atoms in total. The molecule has 2 aliphatic rings. The molecule has 0 aromatic rings. The molecule has 0 radical (unpaired) electrons. The molecule has 4 atom stereocenters. The fourth-order valence-electron chi connectivity index (χ4n) is 2.60. The Labute approximate surface area is 74.8 Å². The Bertz CT molecular complexity index is 197. The zero-order chi connectivity index (χ0) is 8.72. The van der Waals surface area contributed by atoms with E-state index in [1.165, 1.54) is 18.4 Å². The second-order valence-corrected chi connectivity index (χ2v) is 4.48. The molecule has 1 saturated heterocycles. The Balaban J connectivity index is 2.14. The van der Waals surface area contributed by atoms with Gasteiger partial charge < -0.3 is 4.74 Å². The van der Waals surface area contributed by atoms with Crippen molar-refractivity contribution in [1.29, 1.82) is 0 Å². The molecule has 12 heavy (non-hydrogen) atoms. The van der Waals surface area contributed by atoms with Gasteiger partial charge in [0, 0.05) is 5.92 Å². The summed E-state index contributed by atoms with van der Waals surface area (Å²) in [5.74, 6) is 2.25. The van der Waals surface area contributed by atoms with Crippen LogP contribution in [-0.2, 0) is 4.74 Å². The second kappa shape index (κ2) is 2.88. The van der Waals surface area contributed by atoms with Gasteiger partial charge in [-0.15, -0.1) is 0 Å². The van der Waals surface area contributed by atoms with Gasteiger partial charge in [0.1, 0.15) is 0 Å². The molecule has 1 heterocycles. The van der Waals surface area contributed by atoms with Crippen molar-refractivity contribution in [2.45, 2.75) is 32.8 Å². The summed E-state index contributed by atoms with van der Waals surface area (Å²) >= 11 is 0. The maximum Gasteiger partial charge on any atom is 0.0612 e. The van der Waals surface area contributed by atoms with E-state index in [0.29, 0.717) is 12.0 Å². The van der Waals surface area contributed by atoms with Gasteiger partial charge >= 0.3 is 0 Å². The smallest absolute Gasteiger partial charge is 0.0612 e. The number of hydrogen-bond donors (Lipinski definition) is 0. The summed E-state index contributed by atoms with van der Waals surface area (Å²) in [6.45, 7) is 9.64. The zero-order valence-electron chi connectivity index (χ0n) is 8.05. The molecule has 68 valence electrons. The van der Waals surface area contributed by atoms with Gasteiger partial charge in [0.05, 0.1) is 12.7 Å². The summed E-state index contributed by atoms with van der Waals surface area (Å²) in [4.78, 5) is 0. The Morgan fingerprint density at radius 2 is 2.17 bits per heavy atom. The first-order chi connectivity index (χ1) is 5.68. The maximum absolute atomic E-state index is 5.72. The first kappa shape index (κ1) is 8.31. The number of hydrogen-bond acceptors (Lipinski definition) is 1. The largest absolute Gasteiger partial charge is 0.378 e. The molecular formula is C11H18O. The molecular weight excluding hydrogens is 148 g/mol. The van der Waals surface area contributed by atoms with Crippen molar-refractivity contribution in [3.05, 3.63) is 12.2 Å². The third kappa shape index (κ3) is 1.20. The van der Waals surface area contributed by atoms with Crippen molar-refractivity contribution >= 4 is 0 Å². The van der Waals surface area contributed by atoms with Crippen LogP contribution in [0.25, 0.3) is 0 Å². The van der Waals surface area contributed by atoms with Gasteiger partial charge in [0.25, 0.3) is 0 Å². The van der Waals surface area contributed by atoms with Crippen molar-refractivity contribution in [3.63, 3.8) is 0 Å². The van der Waals surface area contributed by atoms with Crippen LogP contribution in [0.15, 0.2) is 12.2 Å². The third-order valence-electron chi connectivity index (χ3n) is 3.61. The molecule has 0 amide bonds. The monoisotopic (exact) mass is 166 g/mol. The molecule has 0 aromatic heterocycles. The minimum Gasteiger partial charge on any atom is -0.378 e. The van der Waals surface area contributed by atoms with Crippen LogP contribution in [0.1, 0.15) is 26.7 Å². The molecule has 1 aliphatic heterocycles. The van der Waals surface area contributed by atoms with E-state index in [4.69, 9.17) is 4.74 Å². The average molecular weight is 166 g/mol. The van der Waals surface area contributed by atoms with E-state index in [1.807, 2.05) is 0 Å². The van der Waals surface area contributed by atoms with Crippen LogP contribution in [0.3, 0.4) is 0 Å². The molecule has 2 fully saturated rings. The molecule has 1 saturated carbocycles. The van der Waals surface area contributed by atoms with Crippen molar-refractivity contribution in [2.75, 3.05) is 6.61 Å². The van der Waals surface area contributed by atoms with Gasteiger partial charge in [0.15, 0.2) is 0 Å². The lowest BCUT2D eigenvalue weighted by Gasteiger charge is -2.43. The summed E-state index contributed by atoms with van der Waals surface area (Å²) in [6, 6.07) is 0. The van der Waals surface area contributed by atoms with E-state index in [2.05, 4.69) is 20.4 Å². The first-order valence-corrected chi connectivity index (χ1v) is 4.97. The van der Waals surface area contributed by atoms with Crippen LogP contribution < -0.4 is 0 Å². The molecule has 1 heteroatoms. The summed E-state index contributed by atoms with van der Waals surface area (Å²) in [5.41, 5.74) is 1.42. The summed E-state index contributed by atoms with van der Waals surface area (Å²) in [7, 11) is 0. The Morgan fingerprint density at radius 3 is 2.92 bits per heavy atom. The minimum absolute atomic E-state index is 0.418. The topological polar surface area (TPSA) is 9.23 Å². The number of rotatable bonds is 0. The molecule has 1 aliphatic carbocycles. The second-order valence-electron chi connectivity index (χ2n) is 4.48. The molecule has 2 bridgehead atoms. The fourth-order valence-corrected chi connectivity index (χ4v) is 2.60. The van der Waals surface area contributed by atoms with Crippen molar-refractivity contribution in [1.82, 2.24) is 0 Å². The highest BCUT2D eigenvalue weighted by molar-refractivity contribution is 5.10. The van der Waals surface area contributed by atoms with Crippen LogP contribution in [-0.4, -0.2) is 12.7 Å². The van der Waals surface area contributed by atoms with Gasteiger partial charge in [-0.25, -0.2) is 0 Å². The Hall–Kier alpha value is -0.300. The summed E-state index contributed by atoms with van der Waals surface area (Å²) < 4.78 is 5.72. The predicted octanol–water partition coefficient (Wildman–Crippen LogP) is 2.62. The first-order valence-electron chi connectivity index (χ1n) is 4.97. The Kier molecular flexibility index (Phi) is 1.99. The van der Waals surface area contributed by atoms with Crippen molar-refractivity contribution < 1.29 is 4.74 Å². The van der Waals surface area contributed by atoms with E-state index < -0.39 is 0 Å². The van der Waals surface area contributed by atoms with Crippen LogP contribution >= 0.6 is 0 Å². The number of fused-ring (bicyclic) bond motifs is 2. The van der Waals surface area contributed by atoms with Crippen LogP contribution in [0.4, 0.5) is 0 Å². The summed E-state index contributed by atoms with van der Waals surface area (Å²) in [5, 5.41) is 0. The van der Waals surface area contributed by atoms with E-state index >= 15 is 0 Å². The van der Waals surface area contributed by atoms with Crippen LogP contribution in [0.5, 0.6) is 0 Å². The van der Waals surface area contributed by atoms with E-state index in [9.17, 15) is 0 Å². The van der Waals surface area contributed by atoms with Gasteiger partial charge in [-0.2, -0.15) is 0 Å². The standard InChI is InChI=1S/C11H18O/c1-7-4-8(2)11-5-10(7)6-12-9(11)3/h7,9-11H,2,4-6H2,1,3H3/t7-,9+,10+,11-/m1/s1. The highest BCUT2D eigenvalue weighted by Crippen LogP contribution is 2.42. The quantitative estimate of drug-likeness (QED) is 0.503. The summed E-state index contributed by atoms with van der Waals surface area (Å²) in [6.07, 6.45) is 2.96. The Morgan fingerprint density at radius 1 is 1.42 bits per heavy atom. The van der Waals surface area contributed by atoms with E-state index in [0.717, 1.165) is 18.4 Å². The predicted molar refractivity (Wildman–Crippen MR) is 49.9 cm³/mol. The van der Waals surface area contributed by atoms with Crippen LogP contribution in [0, 0.1) is 17.8 Å². The fraction of sp³-hybridized carbons (Fsp3) is 0.818. The van der Waals surface area contributed by atoms with Gasteiger partial charge in [-0.3, -0.25) is 0 Å². The minimum atomic E-state index is 0.418. The molecule has 0 unspecified atom stereocenters.